The fourth-order valence-corrected chi connectivity index (χ4v) is 7.04. The first-order valence-corrected chi connectivity index (χ1v) is 14.3. The molecule has 1 aromatic carbocycles. The minimum Gasteiger partial charge on any atom is -0.442 e. The highest BCUT2D eigenvalue weighted by atomic mass is 16.6. The number of ether oxygens (including phenoxy) is 2. The van der Waals surface area contributed by atoms with Crippen molar-refractivity contribution in [2.24, 2.45) is 11.8 Å². The number of benzene rings is 1. The van der Waals surface area contributed by atoms with Gasteiger partial charge in [-0.25, -0.2) is 4.79 Å². The summed E-state index contributed by atoms with van der Waals surface area (Å²) in [7, 11) is 0. The van der Waals surface area contributed by atoms with Crippen LogP contribution < -0.4 is 5.32 Å². The van der Waals surface area contributed by atoms with Gasteiger partial charge in [0.05, 0.1) is 30.6 Å². The number of nitrogens with one attached hydrogen (secondary N) is 1. The van der Waals surface area contributed by atoms with Crippen LogP contribution in [0, 0.1) is 11.8 Å². The van der Waals surface area contributed by atoms with Gasteiger partial charge in [-0.15, -0.1) is 0 Å². The maximum atomic E-state index is 14.3. The Balaban J connectivity index is 1.20. The van der Waals surface area contributed by atoms with E-state index >= 15 is 0 Å². The van der Waals surface area contributed by atoms with Crippen LogP contribution in [0.4, 0.5) is 10.5 Å². The lowest BCUT2D eigenvalue weighted by Crippen LogP contribution is -2.60. The molecule has 4 aliphatic rings. The average Bonchev–Trinajstić information content (AvgIpc) is 3.68. The second-order valence-electron chi connectivity index (χ2n) is 12.6. The van der Waals surface area contributed by atoms with Crippen LogP contribution in [0.1, 0.15) is 59.3 Å². The number of amides is 2. The highest BCUT2D eigenvalue weighted by Gasteiger charge is 2.54. The Morgan fingerprint density at radius 3 is 2.49 bits per heavy atom. The molecule has 2 amide bonds. The van der Waals surface area contributed by atoms with E-state index in [-0.39, 0.29) is 11.8 Å². The van der Waals surface area contributed by atoms with Crippen LogP contribution in [0.5, 0.6) is 0 Å². The number of nitrogens with zero attached hydrogens (tertiary/aromatic N) is 4. The average molecular weight is 538 g/mol. The van der Waals surface area contributed by atoms with Crippen molar-refractivity contribution in [3.05, 3.63) is 24.4 Å². The van der Waals surface area contributed by atoms with Crippen molar-refractivity contribution < 1.29 is 23.9 Å². The van der Waals surface area contributed by atoms with Crippen molar-refractivity contribution in [2.45, 2.75) is 76.5 Å². The molecule has 0 unspecified atom stereocenters. The summed E-state index contributed by atoms with van der Waals surface area (Å²) in [4.78, 5) is 44.8. The minimum atomic E-state index is -0.655. The Morgan fingerprint density at radius 1 is 1.08 bits per heavy atom. The van der Waals surface area contributed by atoms with E-state index in [4.69, 9.17) is 9.47 Å². The molecular formula is C29H39N5O5. The number of likely N-dealkylation sites (tertiary alicyclic amines) is 2. The molecule has 3 atom stereocenters. The van der Waals surface area contributed by atoms with E-state index in [1.54, 1.807) is 45.2 Å². The SMILES string of the molecule is CC(C)(C)OC(=O)n1ncc2c(NC(=O)[C@H]3CCCN3C(=O)C3(N4C[C@H]5COC[C@H]5C4)CCCC3)cccc21. The third-order valence-corrected chi connectivity index (χ3v) is 8.93. The Bertz CT molecular complexity index is 1260. The first-order chi connectivity index (χ1) is 18.7. The van der Waals surface area contributed by atoms with E-state index in [1.165, 1.54) is 4.68 Å². The third kappa shape index (κ3) is 4.71. The molecule has 3 aliphatic heterocycles. The zero-order chi connectivity index (χ0) is 27.4. The Morgan fingerprint density at radius 2 is 1.79 bits per heavy atom. The lowest BCUT2D eigenvalue weighted by molar-refractivity contribution is -0.147. The molecule has 1 saturated carbocycles. The Kier molecular flexibility index (Phi) is 6.66. The number of carbonyl (C=O) groups excluding carboxylic acids is 3. The van der Waals surface area contributed by atoms with Crippen LogP contribution in [0.3, 0.4) is 0 Å². The normalized spacial score (nSPS) is 26.7. The van der Waals surface area contributed by atoms with E-state index in [2.05, 4.69) is 15.3 Å². The summed E-state index contributed by atoms with van der Waals surface area (Å²) in [5.74, 6) is 0.942. The van der Waals surface area contributed by atoms with Gasteiger partial charge in [-0.2, -0.15) is 9.78 Å². The van der Waals surface area contributed by atoms with Crippen molar-refractivity contribution in [3.63, 3.8) is 0 Å². The molecule has 0 spiro atoms. The first-order valence-electron chi connectivity index (χ1n) is 14.3. The molecule has 6 rings (SSSR count). The van der Waals surface area contributed by atoms with Crippen LogP contribution in [0.25, 0.3) is 10.9 Å². The first kappa shape index (κ1) is 26.3. The molecule has 4 heterocycles. The summed E-state index contributed by atoms with van der Waals surface area (Å²) in [5, 5.41) is 7.92. The van der Waals surface area contributed by atoms with E-state index in [1.807, 2.05) is 4.90 Å². The van der Waals surface area contributed by atoms with Gasteiger partial charge in [0.25, 0.3) is 0 Å². The van der Waals surface area contributed by atoms with Gasteiger partial charge < -0.3 is 19.7 Å². The molecule has 2 aromatic rings. The van der Waals surface area contributed by atoms with Crippen LogP contribution in [0.2, 0.25) is 0 Å². The highest BCUT2D eigenvalue weighted by Crippen LogP contribution is 2.43. The summed E-state index contributed by atoms with van der Waals surface area (Å²) in [6.45, 7) is 9.40. The lowest BCUT2D eigenvalue weighted by Gasteiger charge is -2.41. The van der Waals surface area contributed by atoms with Gasteiger partial charge in [0, 0.05) is 36.9 Å². The molecule has 1 aromatic heterocycles. The molecule has 1 aliphatic carbocycles. The molecule has 210 valence electrons. The van der Waals surface area contributed by atoms with Gasteiger partial charge in [-0.1, -0.05) is 18.9 Å². The lowest BCUT2D eigenvalue weighted by atomic mass is 9.92. The maximum Gasteiger partial charge on any atom is 0.435 e. The highest BCUT2D eigenvalue weighted by molar-refractivity contribution is 6.05. The molecule has 3 saturated heterocycles. The molecule has 0 radical (unpaired) electrons. The molecule has 10 nitrogen and oxygen atoms in total. The smallest absolute Gasteiger partial charge is 0.435 e. The van der Waals surface area contributed by atoms with E-state index in [0.717, 1.165) is 58.4 Å². The van der Waals surface area contributed by atoms with Crippen molar-refractivity contribution in [2.75, 3.05) is 38.2 Å². The van der Waals surface area contributed by atoms with Crippen molar-refractivity contribution in [3.8, 4) is 0 Å². The summed E-state index contributed by atoms with van der Waals surface area (Å²) in [5.41, 5.74) is -0.0378. The second-order valence-corrected chi connectivity index (χ2v) is 12.6. The predicted molar refractivity (Wildman–Crippen MR) is 145 cm³/mol. The number of rotatable bonds is 4. The standard InChI is InChI=1S/C29H39N5O5/c1-28(2,3)39-27(37)34-23-9-6-8-22(21(23)14-30-34)31-25(35)24-10-7-13-33(24)26(36)29(11-4-5-12-29)32-15-19-17-38-18-20(19)16-32/h6,8-9,14,19-20,24H,4-5,7,10-13,15-18H2,1-3H3,(H,31,35)/t19-,20+,24-/m1/s1. The quantitative estimate of drug-likeness (QED) is 0.635. The zero-order valence-corrected chi connectivity index (χ0v) is 23.1. The molecule has 39 heavy (non-hydrogen) atoms. The largest absolute Gasteiger partial charge is 0.442 e. The minimum absolute atomic E-state index is 0.120. The fraction of sp³-hybridized carbons (Fsp3) is 0.655. The van der Waals surface area contributed by atoms with Crippen LogP contribution in [-0.2, 0) is 19.1 Å². The van der Waals surface area contributed by atoms with E-state index in [0.29, 0.717) is 41.4 Å². The van der Waals surface area contributed by atoms with E-state index < -0.39 is 23.3 Å². The Labute approximate surface area is 229 Å². The number of fused-ring (bicyclic) bond motifs is 2. The topological polar surface area (TPSA) is 106 Å². The van der Waals surface area contributed by atoms with Gasteiger partial charge in [-0.3, -0.25) is 14.5 Å². The molecular weight excluding hydrogens is 498 g/mol. The Hall–Kier alpha value is -2.98. The zero-order valence-electron chi connectivity index (χ0n) is 23.1. The van der Waals surface area contributed by atoms with Crippen molar-refractivity contribution in [1.29, 1.82) is 0 Å². The summed E-state index contributed by atoms with van der Waals surface area (Å²) in [6, 6.07) is 4.83. The molecule has 4 fully saturated rings. The summed E-state index contributed by atoms with van der Waals surface area (Å²) in [6.07, 6.45) is 6.24. The monoisotopic (exact) mass is 537 g/mol. The second kappa shape index (κ2) is 9.89. The third-order valence-electron chi connectivity index (χ3n) is 8.93. The van der Waals surface area contributed by atoms with Crippen LogP contribution >= 0.6 is 0 Å². The van der Waals surface area contributed by atoms with Crippen LogP contribution in [0.15, 0.2) is 24.4 Å². The number of hydrogen-bond acceptors (Lipinski definition) is 7. The molecule has 0 bridgehead atoms. The van der Waals surface area contributed by atoms with Gasteiger partial charge >= 0.3 is 6.09 Å². The predicted octanol–water partition coefficient (Wildman–Crippen LogP) is 3.64. The van der Waals surface area contributed by atoms with Crippen LogP contribution in [-0.4, -0.2) is 87.5 Å². The number of aromatic nitrogens is 2. The van der Waals surface area contributed by atoms with E-state index in [9.17, 15) is 14.4 Å². The van der Waals surface area contributed by atoms with Crippen molar-refractivity contribution in [1.82, 2.24) is 19.6 Å². The number of hydrogen-bond donors (Lipinski definition) is 1. The number of anilines is 1. The maximum absolute atomic E-state index is 14.3. The van der Waals surface area contributed by atoms with Gasteiger partial charge in [-0.05, 0) is 58.6 Å². The van der Waals surface area contributed by atoms with Crippen molar-refractivity contribution >= 4 is 34.5 Å². The molecule has 1 N–H and O–H groups in total. The van der Waals surface area contributed by atoms with Gasteiger partial charge in [0.15, 0.2) is 0 Å². The van der Waals surface area contributed by atoms with Gasteiger partial charge in [0.2, 0.25) is 11.8 Å². The number of carbonyl (C=O) groups is 3. The summed E-state index contributed by atoms with van der Waals surface area (Å²) >= 11 is 0. The van der Waals surface area contributed by atoms with Gasteiger partial charge in [0.1, 0.15) is 17.2 Å². The fourth-order valence-electron chi connectivity index (χ4n) is 7.04. The molecule has 10 heteroatoms. The summed E-state index contributed by atoms with van der Waals surface area (Å²) < 4.78 is 12.4.